The molecule has 1 spiro atoms. The van der Waals surface area contributed by atoms with Crippen LogP contribution in [-0.2, 0) is 24.3 Å². The molecule has 0 aromatic carbocycles. The molecule has 3 rings (SSSR count). The summed E-state index contributed by atoms with van der Waals surface area (Å²) < 4.78 is 37.5. The Kier molecular flexibility index (Phi) is 7.55. The Bertz CT molecular complexity index is 803. The molecule has 0 bridgehead atoms. The van der Waals surface area contributed by atoms with Gasteiger partial charge in [0.1, 0.15) is 11.0 Å². The van der Waals surface area contributed by atoms with E-state index in [2.05, 4.69) is 4.98 Å². The van der Waals surface area contributed by atoms with Gasteiger partial charge in [-0.05, 0) is 33.0 Å². The minimum atomic E-state index is -3.63. The molecule has 0 saturated carbocycles. The minimum absolute atomic E-state index is 0.119. The molecule has 2 fully saturated rings. The van der Waals surface area contributed by atoms with Crippen LogP contribution in [-0.4, -0.2) is 87.1 Å². The van der Waals surface area contributed by atoms with E-state index in [4.69, 9.17) is 19.4 Å². The SMILES string of the molecule is COc1ccc(S(=O)(=O)N2CCC3(CC2)CC(CN(C)C)OC3=O)cn1.O=CO. The third-order valence-electron chi connectivity index (χ3n) is 5.13. The number of methoxy groups -OCH3 is 1. The van der Waals surface area contributed by atoms with Crippen molar-refractivity contribution in [2.45, 2.75) is 30.3 Å². The van der Waals surface area contributed by atoms with Crippen LogP contribution in [0.4, 0.5) is 0 Å². The molecule has 2 aliphatic heterocycles. The maximum absolute atomic E-state index is 12.8. The third kappa shape index (κ3) is 5.22. The first-order valence-electron chi connectivity index (χ1n) is 9.12. The summed E-state index contributed by atoms with van der Waals surface area (Å²) in [6, 6.07) is 3.01. The molecule has 29 heavy (non-hydrogen) atoms. The van der Waals surface area contributed by atoms with Gasteiger partial charge in [0.2, 0.25) is 15.9 Å². The van der Waals surface area contributed by atoms with Crippen molar-refractivity contribution in [3.63, 3.8) is 0 Å². The van der Waals surface area contributed by atoms with Crippen molar-refractivity contribution in [2.75, 3.05) is 40.8 Å². The normalized spacial score (nSPS) is 21.4. The second-order valence-corrected chi connectivity index (χ2v) is 9.26. The lowest BCUT2D eigenvalue weighted by atomic mass is 9.76. The lowest BCUT2D eigenvalue weighted by molar-refractivity contribution is -0.150. The Morgan fingerprint density at radius 3 is 2.48 bits per heavy atom. The number of carbonyl (C=O) groups is 2. The fourth-order valence-electron chi connectivity index (χ4n) is 3.70. The Hall–Kier alpha value is -2.24. The van der Waals surface area contributed by atoms with E-state index >= 15 is 0 Å². The molecule has 3 heterocycles. The molecule has 162 valence electrons. The van der Waals surface area contributed by atoms with Crippen LogP contribution in [0.15, 0.2) is 23.2 Å². The predicted octanol–water partition coefficient (Wildman–Crippen LogP) is 0.439. The van der Waals surface area contributed by atoms with Crippen LogP contribution < -0.4 is 4.74 Å². The summed E-state index contributed by atoms with van der Waals surface area (Å²) >= 11 is 0. The van der Waals surface area contributed by atoms with Gasteiger partial charge < -0.3 is 19.5 Å². The monoisotopic (exact) mass is 429 g/mol. The van der Waals surface area contributed by atoms with Gasteiger partial charge in [-0.1, -0.05) is 0 Å². The smallest absolute Gasteiger partial charge is 0.312 e. The van der Waals surface area contributed by atoms with Crippen LogP contribution in [0.3, 0.4) is 0 Å². The van der Waals surface area contributed by atoms with Gasteiger partial charge in [-0.2, -0.15) is 4.31 Å². The first-order valence-corrected chi connectivity index (χ1v) is 10.6. The van der Waals surface area contributed by atoms with Crippen LogP contribution in [0.2, 0.25) is 0 Å². The van der Waals surface area contributed by atoms with E-state index in [9.17, 15) is 13.2 Å². The largest absolute Gasteiger partial charge is 0.483 e. The zero-order valence-electron chi connectivity index (χ0n) is 16.8. The van der Waals surface area contributed by atoms with Crippen molar-refractivity contribution in [2.24, 2.45) is 5.41 Å². The van der Waals surface area contributed by atoms with Gasteiger partial charge in [0.25, 0.3) is 6.47 Å². The molecule has 11 heteroatoms. The highest BCUT2D eigenvalue weighted by Crippen LogP contribution is 2.44. The highest BCUT2D eigenvalue weighted by molar-refractivity contribution is 7.89. The van der Waals surface area contributed by atoms with Crippen molar-refractivity contribution >= 4 is 22.5 Å². The van der Waals surface area contributed by atoms with Crippen molar-refractivity contribution in [1.29, 1.82) is 0 Å². The molecule has 1 unspecified atom stereocenters. The maximum Gasteiger partial charge on any atom is 0.312 e. The van der Waals surface area contributed by atoms with Crippen molar-refractivity contribution < 1.29 is 32.6 Å². The molecule has 0 radical (unpaired) electrons. The van der Waals surface area contributed by atoms with E-state index in [1.807, 2.05) is 19.0 Å². The van der Waals surface area contributed by atoms with E-state index in [0.717, 1.165) is 0 Å². The van der Waals surface area contributed by atoms with E-state index in [-0.39, 0.29) is 23.4 Å². The molecule has 10 nitrogen and oxygen atoms in total. The van der Waals surface area contributed by atoms with Gasteiger partial charge in [-0.15, -0.1) is 0 Å². The second-order valence-electron chi connectivity index (χ2n) is 7.32. The van der Waals surface area contributed by atoms with Gasteiger partial charge in [-0.25, -0.2) is 13.4 Å². The number of carboxylic acid groups (broad SMARTS) is 1. The molecule has 1 N–H and O–H groups in total. The Labute approximate surface area is 170 Å². The molecule has 1 atom stereocenters. The van der Waals surface area contributed by atoms with Crippen LogP contribution >= 0.6 is 0 Å². The van der Waals surface area contributed by atoms with Crippen molar-refractivity contribution in [3.8, 4) is 5.88 Å². The summed E-state index contributed by atoms with van der Waals surface area (Å²) in [6.07, 6.45) is 2.81. The molecule has 1 aromatic heterocycles. The fraction of sp³-hybridized carbons (Fsp3) is 0.611. The number of hydrogen-bond acceptors (Lipinski definition) is 8. The average Bonchev–Trinajstić information content (AvgIpc) is 2.96. The first kappa shape index (κ1) is 23.0. The van der Waals surface area contributed by atoms with Gasteiger partial charge in [0, 0.05) is 32.1 Å². The zero-order valence-corrected chi connectivity index (χ0v) is 17.6. The molecule has 0 aliphatic carbocycles. The Morgan fingerprint density at radius 1 is 1.38 bits per heavy atom. The highest BCUT2D eigenvalue weighted by atomic mass is 32.2. The van der Waals surface area contributed by atoms with Gasteiger partial charge in [0.05, 0.1) is 18.7 Å². The van der Waals surface area contributed by atoms with Crippen LogP contribution in [0.5, 0.6) is 5.88 Å². The average molecular weight is 429 g/mol. The topological polar surface area (TPSA) is 126 Å². The molecule has 2 saturated heterocycles. The number of carbonyl (C=O) groups excluding carboxylic acids is 1. The Balaban J connectivity index is 0.000000941. The van der Waals surface area contributed by atoms with E-state index in [1.165, 1.54) is 29.7 Å². The molecular weight excluding hydrogens is 402 g/mol. The number of pyridine rings is 1. The summed E-state index contributed by atoms with van der Waals surface area (Å²) in [6.45, 7) is 1.04. The number of cyclic esters (lactones) is 1. The quantitative estimate of drug-likeness (QED) is 0.524. The highest BCUT2D eigenvalue weighted by Gasteiger charge is 2.51. The number of sulfonamides is 1. The molecule has 1 aromatic rings. The van der Waals surface area contributed by atoms with Crippen LogP contribution in [0, 0.1) is 5.41 Å². The number of hydrogen-bond donors (Lipinski definition) is 1. The molecular formula is C18H27N3O7S. The number of ether oxygens (including phenoxy) is 2. The fourth-order valence-corrected chi connectivity index (χ4v) is 5.09. The van der Waals surface area contributed by atoms with Gasteiger partial charge in [-0.3, -0.25) is 9.59 Å². The second kappa shape index (κ2) is 9.51. The Morgan fingerprint density at radius 2 is 2.00 bits per heavy atom. The van der Waals surface area contributed by atoms with Gasteiger partial charge in [0.15, 0.2) is 0 Å². The van der Waals surface area contributed by atoms with E-state index in [0.29, 0.717) is 44.8 Å². The minimum Gasteiger partial charge on any atom is -0.483 e. The molecule has 2 aliphatic rings. The van der Waals surface area contributed by atoms with Crippen LogP contribution in [0.1, 0.15) is 19.3 Å². The number of esters is 1. The van der Waals surface area contributed by atoms with E-state index in [1.54, 1.807) is 0 Å². The summed E-state index contributed by atoms with van der Waals surface area (Å²) in [4.78, 5) is 26.9. The standard InChI is InChI=1S/C17H25N3O5S.CH2O2/c1-19(2)12-13-10-17(16(21)25-13)6-8-20(9-7-17)26(22,23)14-4-5-15(24-3)18-11-14;2-1-3/h4-5,11,13H,6-10,12H2,1-3H3;1H,(H,2,3). The van der Waals surface area contributed by atoms with E-state index < -0.39 is 15.4 Å². The van der Waals surface area contributed by atoms with Gasteiger partial charge >= 0.3 is 5.97 Å². The summed E-state index contributed by atoms with van der Waals surface area (Å²) in [5.41, 5.74) is -0.551. The number of nitrogens with zero attached hydrogens (tertiary/aromatic N) is 3. The lowest BCUT2D eigenvalue weighted by Crippen LogP contribution is -2.45. The lowest BCUT2D eigenvalue weighted by Gasteiger charge is -2.35. The van der Waals surface area contributed by atoms with Crippen LogP contribution in [0.25, 0.3) is 0 Å². The summed E-state index contributed by atoms with van der Waals surface area (Å²) in [5.74, 6) is 0.176. The number of likely N-dealkylation sites (N-methyl/N-ethyl adjacent to an activating group) is 1. The maximum atomic E-state index is 12.8. The number of piperidine rings is 1. The zero-order chi connectivity index (χ0) is 21.7. The predicted molar refractivity (Wildman–Crippen MR) is 103 cm³/mol. The third-order valence-corrected chi connectivity index (χ3v) is 7.01. The van der Waals surface area contributed by atoms with Crippen molar-refractivity contribution in [3.05, 3.63) is 18.3 Å². The number of aromatic nitrogens is 1. The summed E-state index contributed by atoms with van der Waals surface area (Å²) in [7, 11) is 1.73. The summed E-state index contributed by atoms with van der Waals surface area (Å²) in [5, 5.41) is 6.89. The number of rotatable bonds is 5. The molecule has 0 amide bonds. The first-order chi connectivity index (χ1) is 13.7. The van der Waals surface area contributed by atoms with Crippen molar-refractivity contribution in [1.82, 2.24) is 14.2 Å².